The number of fused-ring (bicyclic) bond motifs is 1. The lowest BCUT2D eigenvalue weighted by molar-refractivity contribution is 0.0526. The van der Waals surface area contributed by atoms with Gasteiger partial charge in [0.15, 0.2) is 5.65 Å². The molecular formula is C25H29ClN4O3. The fourth-order valence-electron chi connectivity index (χ4n) is 3.90. The first-order valence-electron chi connectivity index (χ1n) is 11.1. The van der Waals surface area contributed by atoms with Gasteiger partial charge in [0.2, 0.25) is 0 Å². The molecule has 1 aromatic carbocycles. The summed E-state index contributed by atoms with van der Waals surface area (Å²) in [6.07, 6.45) is 3.63. The number of carbonyl (C=O) groups excluding carboxylic acids is 2. The Morgan fingerprint density at radius 3 is 2.48 bits per heavy atom. The van der Waals surface area contributed by atoms with Gasteiger partial charge in [-0.05, 0) is 69.0 Å². The highest BCUT2D eigenvalue weighted by molar-refractivity contribution is 6.07. The second-order valence-electron chi connectivity index (χ2n) is 8.27. The minimum Gasteiger partial charge on any atom is -0.462 e. The van der Waals surface area contributed by atoms with E-state index in [0.717, 1.165) is 42.7 Å². The fourth-order valence-corrected chi connectivity index (χ4v) is 3.90. The number of ether oxygens (including phenoxy) is 1. The van der Waals surface area contributed by atoms with Crippen molar-refractivity contribution in [2.45, 2.75) is 33.6 Å². The molecule has 1 aliphatic heterocycles. The standard InChI is InChI=1S/C25H28N4O3.ClH/c1-4-32-25(31)18-6-8-19(9-7-18)28-22-20-10-5-17(3)27-23(20)26-15-21(22)24(30)29-13-11-16(2)12-14-29;/h5-10,15-16H,4,11-14H2,1-3H3,(H,26,27,28);1H. The van der Waals surface area contributed by atoms with Crippen molar-refractivity contribution in [1.29, 1.82) is 0 Å². The van der Waals surface area contributed by atoms with Gasteiger partial charge in [-0.15, -0.1) is 12.4 Å². The van der Waals surface area contributed by atoms with E-state index in [-0.39, 0.29) is 24.3 Å². The number of benzene rings is 1. The lowest BCUT2D eigenvalue weighted by atomic mass is 9.98. The lowest BCUT2D eigenvalue weighted by Crippen LogP contribution is -2.38. The molecule has 1 N–H and O–H groups in total. The van der Waals surface area contributed by atoms with Gasteiger partial charge < -0.3 is 15.0 Å². The Labute approximate surface area is 200 Å². The molecule has 1 amide bonds. The Kier molecular flexibility index (Phi) is 7.87. The Hall–Kier alpha value is -3.19. The van der Waals surface area contributed by atoms with E-state index < -0.39 is 0 Å². The summed E-state index contributed by atoms with van der Waals surface area (Å²) in [7, 11) is 0. The number of rotatable bonds is 5. The Balaban J connectivity index is 0.00000306. The number of likely N-dealkylation sites (tertiary alicyclic amines) is 1. The molecule has 1 fully saturated rings. The van der Waals surface area contributed by atoms with Gasteiger partial charge in [0.1, 0.15) is 0 Å². The number of pyridine rings is 2. The molecule has 174 valence electrons. The van der Waals surface area contributed by atoms with Crippen LogP contribution >= 0.6 is 12.4 Å². The maximum Gasteiger partial charge on any atom is 0.338 e. The van der Waals surface area contributed by atoms with Gasteiger partial charge in [-0.3, -0.25) is 4.79 Å². The predicted octanol–water partition coefficient (Wildman–Crippen LogP) is 5.15. The first-order chi connectivity index (χ1) is 15.5. The van der Waals surface area contributed by atoms with Crippen molar-refractivity contribution in [2.75, 3.05) is 25.0 Å². The van der Waals surface area contributed by atoms with Gasteiger partial charge in [0, 0.05) is 36.1 Å². The molecule has 0 aliphatic carbocycles. The molecule has 0 bridgehead atoms. The molecule has 8 heteroatoms. The average molecular weight is 469 g/mol. The van der Waals surface area contributed by atoms with Crippen molar-refractivity contribution < 1.29 is 14.3 Å². The Morgan fingerprint density at radius 1 is 1.12 bits per heavy atom. The van der Waals surface area contributed by atoms with Crippen molar-refractivity contribution in [3.8, 4) is 0 Å². The second-order valence-corrected chi connectivity index (χ2v) is 8.27. The Morgan fingerprint density at radius 2 is 1.82 bits per heavy atom. The van der Waals surface area contributed by atoms with Crippen LogP contribution in [0.5, 0.6) is 0 Å². The van der Waals surface area contributed by atoms with Gasteiger partial charge in [0.05, 0.1) is 23.4 Å². The zero-order chi connectivity index (χ0) is 22.7. The number of carbonyl (C=O) groups is 2. The number of anilines is 2. The molecule has 0 atom stereocenters. The zero-order valence-electron chi connectivity index (χ0n) is 19.1. The van der Waals surface area contributed by atoms with Gasteiger partial charge in [0.25, 0.3) is 5.91 Å². The summed E-state index contributed by atoms with van der Waals surface area (Å²) in [6, 6.07) is 10.9. The maximum atomic E-state index is 13.4. The van der Waals surface area contributed by atoms with Crippen molar-refractivity contribution in [2.24, 2.45) is 5.92 Å². The third kappa shape index (κ3) is 5.42. The fraction of sp³-hybridized carbons (Fsp3) is 0.360. The number of esters is 1. The smallest absolute Gasteiger partial charge is 0.338 e. The maximum absolute atomic E-state index is 13.4. The van der Waals surface area contributed by atoms with Crippen LogP contribution in [-0.2, 0) is 4.74 Å². The number of nitrogens with zero attached hydrogens (tertiary/aromatic N) is 3. The predicted molar refractivity (Wildman–Crippen MR) is 132 cm³/mol. The van der Waals surface area contributed by atoms with Crippen molar-refractivity contribution in [3.63, 3.8) is 0 Å². The molecule has 33 heavy (non-hydrogen) atoms. The van der Waals surface area contributed by atoms with Crippen LogP contribution in [0.2, 0.25) is 0 Å². The highest BCUT2D eigenvalue weighted by Gasteiger charge is 2.25. The Bertz CT molecular complexity index is 1140. The van der Waals surface area contributed by atoms with Crippen molar-refractivity contribution in [3.05, 3.63) is 59.4 Å². The van der Waals surface area contributed by atoms with Crippen LogP contribution < -0.4 is 5.32 Å². The summed E-state index contributed by atoms with van der Waals surface area (Å²) in [5.74, 6) is 0.247. The van der Waals surface area contributed by atoms with E-state index in [1.54, 1.807) is 37.4 Å². The molecule has 0 spiro atoms. The third-order valence-electron chi connectivity index (χ3n) is 5.84. The molecule has 3 aromatic rings. The van der Waals surface area contributed by atoms with Crippen LogP contribution in [0.4, 0.5) is 11.4 Å². The van der Waals surface area contributed by atoms with Gasteiger partial charge in [-0.1, -0.05) is 6.92 Å². The molecular weight excluding hydrogens is 440 g/mol. The molecule has 3 heterocycles. The monoisotopic (exact) mass is 468 g/mol. The largest absolute Gasteiger partial charge is 0.462 e. The molecule has 2 aromatic heterocycles. The SMILES string of the molecule is CCOC(=O)c1ccc(Nc2c(C(=O)N3CCC(C)CC3)cnc3nc(C)ccc23)cc1.Cl. The minimum atomic E-state index is -0.358. The van der Waals surface area contributed by atoms with E-state index in [1.807, 2.05) is 24.0 Å². The van der Waals surface area contributed by atoms with E-state index in [4.69, 9.17) is 4.74 Å². The normalized spacial score (nSPS) is 14.0. The number of aryl methyl sites for hydroxylation is 1. The van der Waals surface area contributed by atoms with Gasteiger partial charge in [-0.2, -0.15) is 0 Å². The first kappa shape index (κ1) is 24.5. The van der Waals surface area contributed by atoms with Crippen molar-refractivity contribution >= 4 is 46.7 Å². The summed E-state index contributed by atoms with van der Waals surface area (Å²) in [5, 5.41) is 4.16. The van der Waals surface area contributed by atoms with Crippen molar-refractivity contribution in [1.82, 2.24) is 14.9 Å². The van der Waals surface area contributed by atoms with Crippen LogP contribution in [0.3, 0.4) is 0 Å². The molecule has 4 rings (SSSR count). The molecule has 1 saturated heterocycles. The number of aromatic nitrogens is 2. The number of amides is 1. The second kappa shape index (κ2) is 10.6. The third-order valence-corrected chi connectivity index (χ3v) is 5.84. The lowest BCUT2D eigenvalue weighted by Gasteiger charge is -2.31. The summed E-state index contributed by atoms with van der Waals surface area (Å²) in [5.41, 5.74) is 3.88. The van der Waals surface area contributed by atoms with E-state index in [1.165, 1.54) is 0 Å². The highest BCUT2D eigenvalue weighted by atomic mass is 35.5. The van der Waals surface area contributed by atoms with E-state index in [2.05, 4.69) is 22.2 Å². The number of nitrogens with one attached hydrogen (secondary N) is 1. The van der Waals surface area contributed by atoms with E-state index in [9.17, 15) is 9.59 Å². The van der Waals surface area contributed by atoms with E-state index in [0.29, 0.717) is 35.0 Å². The summed E-state index contributed by atoms with van der Waals surface area (Å²) in [6.45, 7) is 7.74. The quantitative estimate of drug-likeness (QED) is 0.521. The molecule has 1 aliphatic rings. The first-order valence-corrected chi connectivity index (χ1v) is 11.1. The molecule has 7 nitrogen and oxygen atoms in total. The van der Waals surface area contributed by atoms with E-state index >= 15 is 0 Å². The minimum absolute atomic E-state index is 0. The van der Waals surface area contributed by atoms with Crippen LogP contribution in [0, 0.1) is 12.8 Å². The van der Waals surface area contributed by atoms with Gasteiger partial charge >= 0.3 is 5.97 Å². The summed E-state index contributed by atoms with van der Waals surface area (Å²) >= 11 is 0. The average Bonchev–Trinajstić information content (AvgIpc) is 2.80. The highest BCUT2D eigenvalue weighted by Crippen LogP contribution is 2.31. The molecule has 0 saturated carbocycles. The van der Waals surface area contributed by atoms with Gasteiger partial charge in [-0.25, -0.2) is 14.8 Å². The van der Waals surface area contributed by atoms with Crippen LogP contribution in [0.1, 0.15) is 53.1 Å². The summed E-state index contributed by atoms with van der Waals surface area (Å²) < 4.78 is 5.05. The topological polar surface area (TPSA) is 84.4 Å². The van der Waals surface area contributed by atoms with Crippen LogP contribution in [0.15, 0.2) is 42.6 Å². The zero-order valence-corrected chi connectivity index (χ0v) is 19.9. The summed E-state index contributed by atoms with van der Waals surface area (Å²) in [4.78, 5) is 36.3. The molecule has 0 radical (unpaired) electrons. The molecule has 0 unspecified atom stereocenters. The van der Waals surface area contributed by atoms with Crippen LogP contribution in [-0.4, -0.2) is 46.4 Å². The number of piperidine rings is 1. The van der Waals surface area contributed by atoms with Crippen LogP contribution in [0.25, 0.3) is 11.0 Å². The number of halogens is 1. The number of hydrogen-bond acceptors (Lipinski definition) is 6. The number of hydrogen-bond donors (Lipinski definition) is 1.